The number of ether oxygens (including phenoxy) is 5. The van der Waals surface area contributed by atoms with Gasteiger partial charge in [-0.3, -0.25) is 34.1 Å². The zero-order valence-corrected chi connectivity index (χ0v) is 21.4. The minimum absolute atomic E-state index is 0.0789. The van der Waals surface area contributed by atoms with Gasteiger partial charge in [0.1, 0.15) is 12.4 Å². The highest BCUT2D eigenvalue weighted by molar-refractivity contribution is 8.00. The van der Waals surface area contributed by atoms with Crippen molar-refractivity contribution >= 4 is 47.3 Å². The molecule has 0 N–H and O–H groups in total. The van der Waals surface area contributed by atoms with Gasteiger partial charge in [0.25, 0.3) is 5.69 Å². The molecule has 1 aliphatic heterocycles. The first-order valence-corrected chi connectivity index (χ1v) is 12.1. The summed E-state index contributed by atoms with van der Waals surface area (Å²) >= 11 is 1.15. The normalized spacial score (nSPS) is 22.8. The Kier molecular flexibility index (Phi) is 10.8. The molecule has 0 aliphatic carbocycles. The molecule has 0 bridgehead atoms. The Morgan fingerprint density at radius 3 is 1.81 bits per heavy atom. The lowest BCUT2D eigenvalue weighted by molar-refractivity contribution is -0.384. The Hall–Kier alpha value is -3.68. The molecule has 1 aromatic rings. The number of nitro benzene ring substituents is 1. The molecule has 2 rings (SSSR count). The Balaban J connectivity index is 2.25. The highest BCUT2D eigenvalue weighted by Gasteiger charge is 2.51. The van der Waals surface area contributed by atoms with Crippen LogP contribution in [0.1, 0.15) is 40.5 Å². The average Bonchev–Trinajstić information content (AvgIpc) is 2.79. The summed E-state index contributed by atoms with van der Waals surface area (Å²) in [6.07, 6.45) is -3.54. The van der Waals surface area contributed by atoms with E-state index < -0.39 is 63.6 Å². The van der Waals surface area contributed by atoms with Crippen LogP contribution in [0.25, 0.3) is 0 Å². The fourth-order valence-corrected chi connectivity index (χ4v) is 5.21. The number of carbonyl (C=O) groups excluding carboxylic acids is 5. The maximum atomic E-state index is 12.5. The van der Waals surface area contributed by atoms with Crippen LogP contribution in [0.15, 0.2) is 24.3 Å². The topological polar surface area (TPSA) is 175 Å². The molecule has 0 radical (unpaired) electrons. The maximum absolute atomic E-state index is 12.5. The third-order valence-electron chi connectivity index (χ3n) is 5.00. The van der Waals surface area contributed by atoms with E-state index in [1.807, 2.05) is 0 Å². The summed E-state index contributed by atoms with van der Waals surface area (Å²) in [4.78, 5) is 69.6. The second-order valence-electron chi connectivity index (χ2n) is 8.00. The van der Waals surface area contributed by atoms with Crippen molar-refractivity contribution in [2.45, 2.75) is 69.3 Å². The molecular formula is C23H27NO12S. The molecule has 1 fully saturated rings. The van der Waals surface area contributed by atoms with Gasteiger partial charge in [-0.1, -0.05) is 0 Å². The number of carbonyl (C=O) groups is 5. The summed E-state index contributed by atoms with van der Waals surface area (Å²) in [5, 5.41) is 9.42. The van der Waals surface area contributed by atoms with Crippen molar-refractivity contribution in [2.24, 2.45) is 0 Å². The summed E-state index contributed by atoms with van der Waals surface area (Å²) in [7, 11) is 0. The fraction of sp³-hybridized carbons (Fsp3) is 0.522. The third kappa shape index (κ3) is 9.37. The van der Waals surface area contributed by atoms with Crippen molar-refractivity contribution in [1.29, 1.82) is 0 Å². The Bertz CT molecular complexity index is 1030. The smallest absolute Gasteiger partial charge is 0.311 e. The van der Waals surface area contributed by atoms with Gasteiger partial charge in [-0.25, -0.2) is 0 Å². The molecule has 0 amide bonds. The van der Waals surface area contributed by atoms with Crippen molar-refractivity contribution in [3.63, 3.8) is 0 Å². The van der Waals surface area contributed by atoms with Crippen LogP contribution < -0.4 is 4.74 Å². The van der Waals surface area contributed by atoms with Gasteiger partial charge in [-0.15, -0.1) is 11.8 Å². The Morgan fingerprint density at radius 2 is 1.32 bits per heavy atom. The first-order chi connectivity index (χ1) is 17.4. The zero-order chi connectivity index (χ0) is 27.7. The standard InChI is InChI=1S/C23H27NO12S/c1-12(25)32-11-19-22(34-14(3)27)23(35-15(4)28)21(33-13(2)26)18(37-19)9-10-20(29)36-17-7-5-16(6-8-17)24(30)31/h5-8,18-19,21-23H,9-11H2,1-4H3/t18-,19+,21-,22-,23+/m0/s1. The molecule has 13 nitrogen and oxygen atoms in total. The predicted octanol–water partition coefficient (Wildman–Crippen LogP) is 2.12. The SMILES string of the molecule is CC(=O)OC[C@H]1S[C@@H](CCC(=O)Oc2ccc([N+](=O)[O-])cc2)[C@H](OC(C)=O)[C@@H](OC(C)=O)[C@H]1OC(C)=O. The van der Waals surface area contributed by atoms with Crippen molar-refractivity contribution in [3.05, 3.63) is 34.4 Å². The quantitative estimate of drug-likeness (QED) is 0.139. The number of hydrogen-bond acceptors (Lipinski definition) is 13. The van der Waals surface area contributed by atoms with E-state index in [9.17, 15) is 34.1 Å². The van der Waals surface area contributed by atoms with E-state index >= 15 is 0 Å². The van der Waals surface area contributed by atoms with Crippen molar-refractivity contribution in [1.82, 2.24) is 0 Å². The monoisotopic (exact) mass is 541 g/mol. The second-order valence-corrected chi connectivity index (χ2v) is 9.48. The first-order valence-electron chi connectivity index (χ1n) is 11.1. The number of rotatable bonds is 10. The van der Waals surface area contributed by atoms with Crippen LogP contribution in [0.3, 0.4) is 0 Å². The fourth-order valence-electron chi connectivity index (χ4n) is 3.63. The minimum atomic E-state index is -1.23. The first kappa shape index (κ1) is 29.5. The molecule has 0 aromatic heterocycles. The lowest BCUT2D eigenvalue weighted by Gasteiger charge is -2.44. The molecule has 0 spiro atoms. The summed E-state index contributed by atoms with van der Waals surface area (Å²) in [5.74, 6) is -3.27. The maximum Gasteiger partial charge on any atom is 0.311 e. The van der Waals surface area contributed by atoms with Gasteiger partial charge in [-0.05, 0) is 18.6 Å². The van der Waals surface area contributed by atoms with Crippen molar-refractivity contribution < 1.29 is 52.6 Å². The number of nitrogens with zero attached hydrogens (tertiary/aromatic N) is 1. The Labute approximate surface area is 216 Å². The van der Waals surface area contributed by atoms with E-state index in [-0.39, 0.29) is 30.9 Å². The molecule has 0 saturated carbocycles. The van der Waals surface area contributed by atoms with Gasteiger partial charge in [0, 0.05) is 51.5 Å². The zero-order valence-electron chi connectivity index (χ0n) is 20.6. The summed E-state index contributed by atoms with van der Waals surface area (Å²) in [6.45, 7) is 4.44. The minimum Gasteiger partial charge on any atom is -0.465 e. The van der Waals surface area contributed by atoms with Crippen LogP contribution in [-0.2, 0) is 42.9 Å². The second kappa shape index (κ2) is 13.6. The van der Waals surface area contributed by atoms with Crippen LogP contribution in [0.5, 0.6) is 5.75 Å². The largest absolute Gasteiger partial charge is 0.465 e. The van der Waals surface area contributed by atoms with Crippen LogP contribution >= 0.6 is 11.8 Å². The Morgan fingerprint density at radius 1 is 0.811 bits per heavy atom. The van der Waals surface area contributed by atoms with E-state index in [4.69, 9.17) is 23.7 Å². The lowest BCUT2D eigenvalue weighted by atomic mass is 9.97. The number of benzene rings is 1. The molecule has 1 aliphatic rings. The van der Waals surface area contributed by atoms with E-state index in [1.165, 1.54) is 31.2 Å². The number of thioether (sulfide) groups is 1. The highest BCUT2D eigenvalue weighted by Crippen LogP contribution is 2.40. The number of esters is 5. The highest BCUT2D eigenvalue weighted by atomic mass is 32.2. The number of non-ortho nitro benzene ring substituents is 1. The molecule has 1 heterocycles. The molecule has 1 saturated heterocycles. The van der Waals surface area contributed by atoms with E-state index in [0.717, 1.165) is 32.5 Å². The van der Waals surface area contributed by atoms with Crippen molar-refractivity contribution in [2.75, 3.05) is 6.61 Å². The van der Waals surface area contributed by atoms with Crippen molar-refractivity contribution in [3.8, 4) is 5.75 Å². The van der Waals surface area contributed by atoms with Crippen LogP contribution in [-0.4, -0.2) is 70.2 Å². The van der Waals surface area contributed by atoms with E-state index in [0.29, 0.717) is 0 Å². The van der Waals surface area contributed by atoms with Gasteiger partial charge in [0.2, 0.25) is 0 Å². The molecule has 37 heavy (non-hydrogen) atoms. The molecule has 0 unspecified atom stereocenters. The van der Waals surface area contributed by atoms with Gasteiger partial charge in [-0.2, -0.15) is 0 Å². The summed E-state index contributed by atoms with van der Waals surface area (Å²) in [5.41, 5.74) is -0.166. The van der Waals surface area contributed by atoms with Gasteiger partial charge in [0.15, 0.2) is 18.3 Å². The summed E-state index contributed by atoms with van der Waals surface area (Å²) < 4.78 is 26.5. The van der Waals surface area contributed by atoms with Crippen LogP contribution in [0.4, 0.5) is 5.69 Å². The molecule has 202 valence electrons. The van der Waals surface area contributed by atoms with Crippen LogP contribution in [0.2, 0.25) is 0 Å². The van der Waals surface area contributed by atoms with E-state index in [1.54, 1.807) is 0 Å². The molecule has 1 aromatic carbocycles. The molecule has 5 atom stereocenters. The van der Waals surface area contributed by atoms with Gasteiger partial charge >= 0.3 is 29.8 Å². The molecular weight excluding hydrogens is 514 g/mol. The average molecular weight is 542 g/mol. The molecule has 14 heteroatoms. The van der Waals surface area contributed by atoms with Gasteiger partial charge < -0.3 is 23.7 Å². The van der Waals surface area contributed by atoms with Crippen LogP contribution in [0, 0.1) is 10.1 Å². The number of nitro groups is 1. The number of hydrogen-bond donors (Lipinski definition) is 0. The third-order valence-corrected chi connectivity index (χ3v) is 6.61. The van der Waals surface area contributed by atoms with E-state index in [2.05, 4.69) is 0 Å². The predicted molar refractivity (Wildman–Crippen MR) is 126 cm³/mol. The summed E-state index contributed by atoms with van der Waals surface area (Å²) in [6, 6.07) is 4.94. The van der Waals surface area contributed by atoms with Gasteiger partial charge in [0.05, 0.1) is 10.2 Å². The lowest BCUT2D eigenvalue weighted by Crippen LogP contribution is -2.58.